The van der Waals surface area contributed by atoms with E-state index in [-0.39, 0.29) is 18.4 Å². The fraction of sp³-hybridized carbons (Fsp3) is 0.148. The third kappa shape index (κ3) is 5.15. The van der Waals surface area contributed by atoms with E-state index in [1.165, 1.54) is 4.90 Å². The molecule has 1 heterocycles. The fourth-order valence-electron chi connectivity index (χ4n) is 3.59. The second-order valence-electron chi connectivity index (χ2n) is 7.62. The molecule has 0 saturated heterocycles. The quantitative estimate of drug-likeness (QED) is 0.421. The van der Waals surface area contributed by atoms with Gasteiger partial charge in [-0.05, 0) is 43.3 Å². The SMILES string of the molecule is CCN(CC(=O)Nc1cc(-c2ccccc2)nn1-c1ccc(OC)cc1)C(=O)c1ccccc1. The molecule has 1 N–H and O–H groups in total. The summed E-state index contributed by atoms with van der Waals surface area (Å²) >= 11 is 0. The number of carbonyl (C=O) groups excluding carboxylic acids is 2. The summed E-state index contributed by atoms with van der Waals surface area (Å²) < 4.78 is 6.93. The molecule has 0 unspecified atom stereocenters. The molecule has 172 valence electrons. The number of likely N-dealkylation sites (N-methyl/N-ethyl adjacent to an activating group) is 1. The number of ether oxygens (including phenoxy) is 1. The van der Waals surface area contributed by atoms with Gasteiger partial charge in [0.2, 0.25) is 5.91 Å². The summed E-state index contributed by atoms with van der Waals surface area (Å²) in [6.07, 6.45) is 0. The van der Waals surface area contributed by atoms with Gasteiger partial charge < -0.3 is 15.0 Å². The average molecular weight is 455 g/mol. The Labute approximate surface area is 198 Å². The third-order valence-electron chi connectivity index (χ3n) is 5.39. The van der Waals surface area contributed by atoms with E-state index < -0.39 is 0 Å². The molecule has 34 heavy (non-hydrogen) atoms. The van der Waals surface area contributed by atoms with Gasteiger partial charge in [-0.3, -0.25) is 9.59 Å². The maximum absolute atomic E-state index is 13.0. The number of aromatic nitrogens is 2. The van der Waals surface area contributed by atoms with Crippen LogP contribution in [0, 0.1) is 0 Å². The van der Waals surface area contributed by atoms with Gasteiger partial charge in [0.25, 0.3) is 5.91 Å². The van der Waals surface area contributed by atoms with Gasteiger partial charge in [-0.1, -0.05) is 48.5 Å². The molecular weight excluding hydrogens is 428 g/mol. The molecule has 4 rings (SSSR count). The first-order valence-electron chi connectivity index (χ1n) is 11.0. The number of methoxy groups -OCH3 is 1. The Balaban J connectivity index is 1.59. The molecule has 3 aromatic carbocycles. The van der Waals surface area contributed by atoms with E-state index in [9.17, 15) is 9.59 Å². The molecular formula is C27H26N4O3. The molecule has 0 bridgehead atoms. The minimum atomic E-state index is -0.305. The van der Waals surface area contributed by atoms with Crippen LogP contribution in [0.2, 0.25) is 0 Å². The number of nitrogens with zero attached hydrogens (tertiary/aromatic N) is 3. The second-order valence-corrected chi connectivity index (χ2v) is 7.62. The summed E-state index contributed by atoms with van der Waals surface area (Å²) in [5.74, 6) is 0.743. The number of anilines is 1. The molecule has 4 aromatic rings. The molecule has 0 aliphatic carbocycles. The molecule has 2 amide bonds. The van der Waals surface area contributed by atoms with Crippen LogP contribution in [0.25, 0.3) is 16.9 Å². The highest BCUT2D eigenvalue weighted by Crippen LogP contribution is 2.25. The predicted octanol–water partition coefficient (Wildman–Crippen LogP) is 4.65. The molecule has 0 atom stereocenters. The van der Waals surface area contributed by atoms with Crippen LogP contribution in [0.4, 0.5) is 5.82 Å². The van der Waals surface area contributed by atoms with E-state index in [1.54, 1.807) is 36.1 Å². The Morgan fingerprint density at radius 3 is 2.21 bits per heavy atom. The lowest BCUT2D eigenvalue weighted by atomic mass is 10.1. The summed E-state index contributed by atoms with van der Waals surface area (Å²) in [6, 6.07) is 27.9. The fourth-order valence-corrected chi connectivity index (χ4v) is 3.59. The number of hydrogen-bond acceptors (Lipinski definition) is 4. The maximum Gasteiger partial charge on any atom is 0.254 e. The summed E-state index contributed by atoms with van der Waals surface area (Å²) in [5.41, 5.74) is 2.97. The molecule has 1 aromatic heterocycles. The largest absolute Gasteiger partial charge is 0.497 e. The first kappa shape index (κ1) is 22.8. The zero-order chi connectivity index (χ0) is 23.9. The van der Waals surface area contributed by atoms with Crippen LogP contribution >= 0.6 is 0 Å². The van der Waals surface area contributed by atoms with Gasteiger partial charge in [0, 0.05) is 23.7 Å². The van der Waals surface area contributed by atoms with Crippen molar-refractivity contribution in [3.8, 4) is 22.7 Å². The molecule has 0 radical (unpaired) electrons. The van der Waals surface area contributed by atoms with Crippen LogP contribution in [0.1, 0.15) is 17.3 Å². The molecule has 0 spiro atoms. The van der Waals surface area contributed by atoms with Gasteiger partial charge in [0.05, 0.1) is 18.5 Å². The molecule has 0 saturated carbocycles. The minimum Gasteiger partial charge on any atom is -0.497 e. The highest BCUT2D eigenvalue weighted by Gasteiger charge is 2.19. The van der Waals surface area contributed by atoms with Gasteiger partial charge >= 0.3 is 0 Å². The van der Waals surface area contributed by atoms with Crippen LogP contribution in [0.3, 0.4) is 0 Å². The number of rotatable bonds is 8. The van der Waals surface area contributed by atoms with E-state index in [0.717, 1.165) is 22.7 Å². The summed E-state index contributed by atoms with van der Waals surface area (Å²) in [6.45, 7) is 2.19. The molecule has 7 nitrogen and oxygen atoms in total. The predicted molar refractivity (Wildman–Crippen MR) is 132 cm³/mol. The number of amides is 2. The van der Waals surface area contributed by atoms with Crippen molar-refractivity contribution in [2.24, 2.45) is 0 Å². The number of hydrogen-bond donors (Lipinski definition) is 1. The highest BCUT2D eigenvalue weighted by molar-refractivity contribution is 5.99. The lowest BCUT2D eigenvalue weighted by Gasteiger charge is -2.20. The summed E-state index contributed by atoms with van der Waals surface area (Å²) in [4.78, 5) is 27.3. The van der Waals surface area contributed by atoms with Crippen molar-refractivity contribution in [1.82, 2.24) is 14.7 Å². The zero-order valence-corrected chi connectivity index (χ0v) is 19.1. The van der Waals surface area contributed by atoms with E-state index in [4.69, 9.17) is 9.84 Å². The Morgan fingerprint density at radius 2 is 1.59 bits per heavy atom. The number of benzene rings is 3. The smallest absolute Gasteiger partial charge is 0.254 e. The number of carbonyl (C=O) groups is 2. The maximum atomic E-state index is 13.0. The van der Waals surface area contributed by atoms with Gasteiger partial charge in [-0.2, -0.15) is 5.10 Å². The monoisotopic (exact) mass is 454 g/mol. The van der Waals surface area contributed by atoms with Crippen molar-refractivity contribution in [2.45, 2.75) is 6.92 Å². The molecule has 7 heteroatoms. The molecule has 0 fully saturated rings. The van der Waals surface area contributed by atoms with Gasteiger partial charge in [0.15, 0.2) is 0 Å². The van der Waals surface area contributed by atoms with Crippen LogP contribution in [-0.2, 0) is 4.79 Å². The van der Waals surface area contributed by atoms with Crippen molar-refractivity contribution in [3.05, 3.63) is 96.6 Å². The standard InChI is InChI=1S/C27H26N4O3/c1-3-30(27(33)21-12-8-5-9-13-21)19-26(32)28-25-18-24(20-10-6-4-7-11-20)29-31(25)22-14-16-23(34-2)17-15-22/h4-18H,3,19H2,1-2H3,(H,28,32). The average Bonchev–Trinajstić information content (AvgIpc) is 3.31. The Hall–Kier alpha value is -4.39. The second kappa shape index (κ2) is 10.5. The minimum absolute atomic E-state index is 0.0707. The highest BCUT2D eigenvalue weighted by atomic mass is 16.5. The third-order valence-corrected chi connectivity index (χ3v) is 5.39. The van der Waals surface area contributed by atoms with Gasteiger partial charge in [0.1, 0.15) is 18.1 Å². The summed E-state index contributed by atoms with van der Waals surface area (Å²) in [7, 11) is 1.61. The van der Waals surface area contributed by atoms with Crippen LogP contribution in [0.15, 0.2) is 91.0 Å². The normalized spacial score (nSPS) is 10.5. The number of nitrogens with one attached hydrogen (secondary N) is 1. The van der Waals surface area contributed by atoms with E-state index in [1.807, 2.05) is 73.7 Å². The Kier molecular flexibility index (Phi) is 7.03. The van der Waals surface area contributed by atoms with Gasteiger partial charge in [-0.25, -0.2) is 4.68 Å². The molecule has 0 aliphatic heterocycles. The topological polar surface area (TPSA) is 76.5 Å². The summed E-state index contributed by atoms with van der Waals surface area (Å²) in [5, 5.41) is 7.66. The van der Waals surface area contributed by atoms with Crippen molar-refractivity contribution >= 4 is 17.6 Å². The molecule has 0 aliphatic rings. The van der Waals surface area contributed by atoms with E-state index in [0.29, 0.717) is 17.9 Å². The van der Waals surface area contributed by atoms with Crippen LogP contribution in [0.5, 0.6) is 5.75 Å². The van der Waals surface area contributed by atoms with Crippen molar-refractivity contribution < 1.29 is 14.3 Å². The van der Waals surface area contributed by atoms with Crippen molar-refractivity contribution in [1.29, 1.82) is 0 Å². The van der Waals surface area contributed by atoms with E-state index >= 15 is 0 Å². The van der Waals surface area contributed by atoms with Crippen LogP contribution in [-0.4, -0.2) is 46.7 Å². The Bertz CT molecular complexity index is 1250. The first-order chi connectivity index (χ1) is 16.6. The first-order valence-corrected chi connectivity index (χ1v) is 11.0. The van der Waals surface area contributed by atoms with Crippen LogP contribution < -0.4 is 10.1 Å². The lowest BCUT2D eigenvalue weighted by Crippen LogP contribution is -2.38. The van der Waals surface area contributed by atoms with E-state index in [2.05, 4.69) is 5.32 Å². The van der Waals surface area contributed by atoms with Gasteiger partial charge in [-0.15, -0.1) is 0 Å². The van der Waals surface area contributed by atoms with Crippen molar-refractivity contribution in [2.75, 3.05) is 25.5 Å². The Morgan fingerprint density at radius 1 is 0.941 bits per heavy atom. The zero-order valence-electron chi connectivity index (χ0n) is 19.1. The lowest BCUT2D eigenvalue weighted by molar-refractivity contribution is -0.116. The van der Waals surface area contributed by atoms with Crippen molar-refractivity contribution in [3.63, 3.8) is 0 Å².